The van der Waals surface area contributed by atoms with Crippen molar-refractivity contribution in [3.63, 3.8) is 0 Å². The van der Waals surface area contributed by atoms with Crippen LogP contribution in [-0.2, 0) is 4.74 Å². The Labute approximate surface area is 129 Å². The second-order valence-corrected chi connectivity index (χ2v) is 5.81. The maximum absolute atomic E-state index is 10.1. The summed E-state index contributed by atoms with van der Waals surface area (Å²) in [6, 6.07) is 8.07. The normalized spacial score (nSPS) is 12.7. The molecular formula is C17H30N2O2. The lowest BCUT2D eigenvalue weighted by atomic mass is 10.1. The van der Waals surface area contributed by atoms with E-state index in [9.17, 15) is 5.11 Å². The van der Waals surface area contributed by atoms with Gasteiger partial charge >= 0.3 is 0 Å². The summed E-state index contributed by atoms with van der Waals surface area (Å²) in [4.78, 5) is 2.05. The third kappa shape index (κ3) is 7.46. The van der Waals surface area contributed by atoms with Gasteiger partial charge in [-0.05, 0) is 57.5 Å². The zero-order valence-corrected chi connectivity index (χ0v) is 13.8. The average Bonchev–Trinajstić information content (AvgIpc) is 2.45. The van der Waals surface area contributed by atoms with Gasteiger partial charge in [-0.25, -0.2) is 0 Å². The van der Waals surface area contributed by atoms with Crippen molar-refractivity contribution >= 4 is 5.69 Å². The number of nitrogens with one attached hydrogen (secondary N) is 1. The van der Waals surface area contributed by atoms with Crippen molar-refractivity contribution in [1.29, 1.82) is 0 Å². The molecule has 0 bridgehead atoms. The highest BCUT2D eigenvalue weighted by molar-refractivity contribution is 5.46. The molecule has 4 nitrogen and oxygen atoms in total. The largest absolute Gasteiger partial charge is 0.388 e. The second kappa shape index (κ2) is 9.77. The highest BCUT2D eigenvalue weighted by atomic mass is 16.5. The molecule has 1 atom stereocenters. The minimum Gasteiger partial charge on any atom is -0.388 e. The number of rotatable bonds is 10. The average molecular weight is 294 g/mol. The first-order valence-electron chi connectivity index (χ1n) is 7.78. The van der Waals surface area contributed by atoms with Crippen LogP contribution in [0, 0.1) is 0 Å². The first-order valence-corrected chi connectivity index (χ1v) is 7.78. The summed E-state index contributed by atoms with van der Waals surface area (Å²) in [6.45, 7) is 6.63. The summed E-state index contributed by atoms with van der Waals surface area (Å²) < 4.78 is 5.48. The Hall–Kier alpha value is -1.10. The summed E-state index contributed by atoms with van der Waals surface area (Å²) in [5.74, 6) is 0. The van der Waals surface area contributed by atoms with Gasteiger partial charge in [-0.3, -0.25) is 0 Å². The smallest absolute Gasteiger partial charge is 0.0802 e. The van der Waals surface area contributed by atoms with Gasteiger partial charge in [-0.1, -0.05) is 12.1 Å². The Balaban J connectivity index is 2.17. The van der Waals surface area contributed by atoms with Gasteiger partial charge < -0.3 is 20.1 Å². The minimum atomic E-state index is -0.402. The summed E-state index contributed by atoms with van der Waals surface area (Å²) in [7, 11) is 4.02. The molecule has 1 unspecified atom stereocenters. The molecule has 0 aliphatic carbocycles. The first-order chi connectivity index (χ1) is 10.0. The van der Waals surface area contributed by atoms with Gasteiger partial charge in [-0.15, -0.1) is 0 Å². The van der Waals surface area contributed by atoms with Crippen LogP contribution in [0.25, 0.3) is 0 Å². The molecule has 0 spiro atoms. The van der Waals surface area contributed by atoms with Gasteiger partial charge in [-0.2, -0.15) is 0 Å². The number of nitrogens with zero attached hydrogens (tertiary/aromatic N) is 1. The molecule has 0 saturated carbocycles. The van der Waals surface area contributed by atoms with E-state index in [0.29, 0.717) is 6.10 Å². The molecule has 0 aliphatic rings. The first kappa shape index (κ1) is 18.0. The van der Waals surface area contributed by atoms with E-state index < -0.39 is 6.10 Å². The molecule has 0 aliphatic heterocycles. The number of hydrogen-bond acceptors (Lipinski definition) is 4. The summed E-state index contributed by atoms with van der Waals surface area (Å²) in [6.07, 6.45) is 1.63. The predicted molar refractivity (Wildman–Crippen MR) is 88.9 cm³/mol. The molecule has 0 fully saturated rings. The topological polar surface area (TPSA) is 44.7 Å². The number of aliphatic hydroxyl groups excluding tert-OH is 1. The number of anilines is 1. The summed E-state index contributed by atoms with van der Waals surface area (Å²) in [5.41, 5.74) is 2.12. The van der Waals surface area contributed by atoms with Crippen LogP contribution in [0.2, 0.25) is 0 Å². The zero-order chi connectivity index (χ0) is 15.7. The lowest BCUT2D eigenvalue weighted by Gasteiger charge is -2.15. The number of benzene rings is 1. The van der Waals surface area contributed by atoms with Crippen LogP contribution in [0.3, 0.4) is 0 Å². The van der Waals surface area contributed by atoms with Crippen LogP contribution in [0.1, 0.15) is 38.4 Å². The summed E-state index contributed by atoms with van der Waals surface area (Å²) >= 11 is 0. The quantitative estimate of drug-likeness (QED) is 0.651. The van der Waals surface area contributed by atoms with E-state index >= 15 is 0 Å². The third-order valence-corrected chi connectivity index (χ3v) is 3.34. The molecule has 2 N–H and O–H groups in total. The van der Waals surface area contributed by atoms with E-state index in [2.05, 4.69) is 10.2 Å². The van der Waals surface area contributed by atoms with E-state index in [1.54, 1.807) is 0 Å². The van der Waals surface area contributed by atoms with Crippen molar-refractivity contribution in [3.8, 4) is 0 Å². The molecule has 0 heterocycles. The van der Waals surface area contributed by atoms with Crippen molar-refractivity contribution in [2.45, 2.75) is 38.9 Å². The maximum atomic E-state index is 10.1. The van der Waals surface area contributed by atoms with Crippen molar-refractivity contribution < 1.29 is 9.84 Å². The standard InChI is InChI=1S/C17H30N2O2/c1-14(2)21-13-5-11-18-12-10-17(20)15-6-8-16(9-7-15)19(3)4/h6-9,14,17-18,20H,5,10-13H2,1-4H3. The van der Waals surface area contributed by atoms with E-state index in [-0.39, 0.29) is 0 Å². The van der Waals surface area contributed by atoms with Crippen LogP contribution >= 0.6 is 0 Å². The molecule has 1 aromatic rings. The van der Waals surface area contributed by atoms with Crippen LogP contribution in [-0.4, -0.2) is 45.0 Å². The van der Waals surface area contributed by atoms with Crippen molar-refractivity contribution in [1.82, 2.24) is 5.32 Å². The molecule has 120 valence electrons. The fourth-order valence-electron chi connectivity index (χ4n) is 2.04. The van der Waals surface area contributed by atoms with E-state index in [1.165, 1.54) is 0 Å². The molecular weight excluding hydrogens is 264 g/mol. The molecule has 0 amide bonds. The van der Waals surface area contributed by atoms with Crippen molar-refractivity contribution in [2.75, 3.05) is 38.7 Å². The van der Waals surface area contributed by atoms with Gasteiger partial charge in [0.15, 0.2) is 0 Å². The Bertz CT molecular complexity index is 377. The monoisotopic (exact) mass is 294 g/mol. The fraction of sp³-hybridized carbons (Fsp3) is 0.647. The minimum absolute atomic E-state index is 0.303. The van der Waals surface area contributed by atoms with Gasteiger partial charge in [0, 0.05) is 26.4 Å². The SMILES string of the molecule is CC(C)OCCCNCCC(O)c1ccc(N(C)C)cc1. The molecule has 1 rings (SSSR count). The Morgan fingerprint density at radius 3 is 2.38 bits per heavy atom. The van der Waals surface area contributed by atoms with Crippen LogP contribution in [0.15, 0.2) is 24.3 Å². The highest BCUT2D eigenvalue weighted by Crippen LogP contribution is 2.19. The molecule has 4 heteroatoms. The lowest BCUT2D eigenvalue weighted by Crippen LogP contribution is -2.20. The predicted octanol–water partition coefficient (Wildman–Crippen LogP) is 2.58. The number of aliphatic hydroxyl groups is 1. The molecule has 1 aromatic carbocycles. The highest BCUT2D eigenvalue weighted by Gasteiger charge is 2.07. The van der Waals surface area contributed by atoms with Crippen molar-refractivity contribution in [3.05, 3.63) is 29.8 Å². The van der Waals surface area contributed by atoms with Gasteiger partial charge in [0.2, 0.25) is 0 Å². The number of ether oxygens (including phenoxy) is 1. The van der Waals surface area contributed by atoms with Gasteiger partial charge in [0.1, 0.15) is 0 Å². The summed E-state index contributed by atoms with van der Waals surface area (Å²) in [5, 5.41) is 13.5. The molecule has 0 radical (unpaired) electrons. The van der Waals surface area contributed by atoms with Crippen LogP contribution in [0.5, 0.6) is 0 Å². The van der Waals surface area contributed by atoms with Crippen LogP contribution < -0.4 is 10.2 Å². The lowest BCUT2D eigenvalue weighted by molar-refractivity contribution is 0.0769. The van der Waals surface area contributed by atoms with Crippen molar-refractivity contribution in [2.24, 2.45) is 0 Å². The third-order valence-electron chi connectivity index (χ3n) is 3.34. The maximum Gasteiger partial charge on any atom is 0.0802 e. The van der Waals surface area contributed by atoms with Crippen LogP contribution in [0.4, 0.5) is 5.69 Å². The van der Waals surface area contributed by atoms with E-state index in [0.717, 1.165) is 43.8 Å². The Morgan fingerprint density at radius 1 is 1.14 bits per heavy atom. The fourth-order valence-corrected chi connectivity index (χ4v) is 2.04. The zero-order valence-electron chi connectivity index (χ0n) is 13.8. The Kier molecular flexibility index (Phi) is 8.35. The van der Waals surface area contributed by atoms with E-state index in [1.807, 2.05) is 52.2 Å². The Morgan fingerprint density at radius 2 is 1.81 bits per heavy atom. The molecule has 0 aromatic heterocycles. The van der Waals surface area contributed by atoms with Gasteiger partial charge in [0.05, 0.1) is 12.2 Å². The molecule has 21 heavy (non-hydrogen) atoms. The molecule has 0 saturated heterocycles. The second-order valence-electron chi connectivity index (χ2n) is 5.81. The number of hydrogen-bond donors (Lipinski definition) is 2. The van der Waals surface area contributed by atoms with E-state index in [4.69, 9.17) is 4.74 Å². The van der Waals surface area contributed by atoms with Gasteiger partial charge in [0.25, 0.3) is 0 Å².